The molecule has 0 atom stereocenters. The van der Waals surface area contributed by atoms with Gasteiger partial charge in [-0.2, -0.15) is 4.98 Å². The number of rotatable bonds is 2. The first kappa shape index (κ1) is 15.8. The molecule has 0 aliphatic carbocycles. The van der Waals surface area contributed by atoms with Crippen LogP contribution in [0.2, 0.25) is 0 Å². The highest BCUT2D eigenvalue weighted by Crippen LogP contribution is 2.36. The van der Waals surface area contributed by atoms with Gasteiger partial charge in [0.15, 0.2) is 11.5 Å². The minimum atomic E-state index is -0.372. The van der Waals surface area contributed by atoms with E-state index >= 15 is 0 Å². The molecule has 0 bridgehead atoms. The Kier molecular flexibility index (Phi) is 3.63. The second-order valence-corrected chi connectivity index (χ2v) is 5.76. The number of aromatic nitrogens is 3. The van der Waals surface area contributed by atoms with Crippen molar-refractivity contribution in [3.05, 3.63) is 34.6 Å². The number of aromatic hydroxyl groups is 2. The van der Waals surface area contributed by atoms with Gasteiger partial charge in [-0.05, 0) is 51.0 Å². The molecule has 0 radical (unpaired) electrons. The molecule has 3 rings (SSSR count). The van der Waals surface area contributed by atoms with E-state index in [1.807, 2.05) is 27.7 Å². The van der Waals surface area contributed by atoms with Crippen LogP contribution in [0.5, 0.6) is 11.5 Å². The lowest BCUT2D eigenvalue weighted by atomic mass is 10.0. The second kappa shape index (κ2) is 5.52. The molecule has 0 amide bonds. The lowest BCUT2D eigenvalue weighted by Gasteiger charge is -2.10. The zero-order valence-electron chi connectivity index (χ0n) is 13.9. The van der Waals surface area contributed by atoms with Gasteiger partial charge in [-0.15, -0.1) is 0 Å². The van der Waals surface area contributed by atoms with Crippen LogP contribution in [0.4, 0.5) is 5.69 Å². The van der Waals surface area contributed by atoms with Crippen LogP contribution >= 0.6 is 0 Å². The molecule has 7 nitrogen and oxygen atoms in total. The highest BCUT2D eigenvalue weighted by atomic mass is 16.5. The fraction of sp³-hybridized carbons (Fsp3) is 0.235. The Balaban J connectivity index is 2.12. The van der Waals surface area contributed by atoms with Crippen molar-refractivity contribution in [3.63, 3.8) is 0 Å². The molecule has 3 aromatic rings. The summed E-state index contributed by atoms with van der Waals surface area (Å²) in [5.41, 5.74) is 10.8. The third-order valence-corrected chi connectivity index (χ3v) is 4.19. The van der Waals surface area contributed by atoms with Gasteiger partial charge < -0.3 is 20.5 Å². The molecule has 0 saturated heterocycles. The number of nitrogens with two attached hydrogens (primary N) is 1. The van der Waals surface area contributed by atoms with Gasteiger partial charge in [0, 0.05) is 22.5 Å². The molecule has 7 heteroatoms. The zero-order valence-corrected chi connectivity index (χ0v) is 13.9. The van der Waals surface area contributed by atoms with Crippen molar-refractivity contribution < 1.29 is 14.7 Å². The van der Waals surface area contributed by atoms with E-state index in [0.717, 1.165) is 28.1 Å². The third-order valence-electron chi connectivity index (χ3n) is 4.19. The summed E-state index contributed by atoms with van der Waals surface area (Å²) in [6.45, 7) is 7.85. The third kappa shape index (κ3) is 2.44. The minimum absolute atomic E-state index is 0.0324. The number of anilines is 1. The first-order valence-electron chi connectivity index (χ1n) is 7.40. The van der Waals surface area contributed by atoms with Crippen LogP contribution in [0, 0.1) is 27.7 Å². The van der Waals surface area contributed by atoms with E-state index in [0.29, 0.717) is 11.4 Å². The molecule has 0 aliphatic rings. The largest absolute Gasteiger partial charge is 0.504 e. The summed E-state index contributed by atoms with van der Waals surface area (Å²) < 4.78 is 5.30. The maximum Gasteiger partial charge on any atom is 0.258 e. The van der Waals surface area contributed by atoms with Crippen LogP contribution in [0.25, 0.3) is 22.8 Å². The fourth-order valence-electron chi connectivity index (χ4n) is 2.66. The highest BCUT2D eigenvalue weighted by Gasteiger charge is 2.19. The Morgan fingerprint density at radius 1 is 0.958 bits per heavy atom. The van der Waals surface area contributed by atoms with E-state index in [-0.39, 0.29) is 23.1 Å². The number of benzene rings is 1. The van der Waals surface area contributed by atoms with Crippen LogP contribution in [0.15, 0.2) is 16.7 Å². The van der Waals surface area contributed by atoms with Crippen LogP contribution < -0.4 is 5.73 Å². The predicted octanol–water partition coefficient (Wildman–Crippen LogP) is 3.03. The average Bonchev–Trinajstić information content (AvgIpc) is 2.99. The van der Waals surface area contributed by atoms with Gasteiger partial charge in [0.25, 0.3) is 5.89 Å². The molecule has 1 aromatic carbocycles. The van der Waals surface area contributed by atoms with E-state index in [1.165, 1.54) is 12.1 Å². The van der Waals surface area contributed by atoms with E-state index < -0.39 is 0 Å². The SMILES string of the molecule is Cc1nc(C)c(-c2noc(-c3cc(N)c(O)c(O)c3)n2)c(C)c1C. The molecule has 124 valence electrons. The van der Waals surface area contributed by atoms with E-state index in [1.54, 1.807) is 0 Å². The molecule has 0 spiro atoms. The Bertz CT molecular complexity index is 924. The summed E-state index contributed by atoms with van der Waals surface area (Å²) in [4.78, 5) is 8.91. The first-order valence-corrected chi connectivity index (χ1v) is 7.40. The number of nitrogens with zero attached hydrogens (tertiary/aromatic N) is 3. The molecule has 0 saturated carbocycles. The number of phenols is 2. The second-order valence-electron chi connectivity index (χ2n) is 5.76. The van der Waals surface area contributed by atoms with Crippen molar-refractivity contribution in [1.82, 2.24) is 15.1 Å². The highest BCUT2D eigenvalue weighted by molar-refractivity contribution is 5.72. The number of pyridine rings is 1. The maximum atomic E-state index is 9.69. The normalized spacial score (nSPS) is 11.0. The summed E-state index contributed by atoms with van der Waals surface area (Å²) in [6, 6.07) is 2.78. The summed E-state index contributed by atoms with van der Waals surface area (Å²) in [5, 5.41) is 23.3. The molecule has 0 fully saturated rings. The smallest absolute Gasteiger partial charge is 0.258 e. The lowest BCUT2D eigenvalue weighted by molar-refractivity contribution is 0.404. The van der Waals surface area contributed by atoms with Crippen LogP contribution in [-0.4, -0.2) is 25.3 Å². The van der Waals surface area contributed by atoms with Crippen molar-refractivity contribution in [1.29, 1.82) is 0 Å². The van der Waals surface area contributed by atoms with Crippen molar-refractivity contribution in [2.75, 3.05) is 5.73 Å². The van der Waals surface area contributed by atoms with Crippen LogP contribution in [0.3, 0.4) is 0 Å². The quantitative estimate of drug-likeness (QED) is 0.489. The molecular weight excluding hydrogens is 308 g/mol. The standard InChI is InChI=1S/C17H18N4O3/c1-7-8(2)14(10(4)19-9(7)3)16-20-17(24-21-16)11-5-12(18)15(23)13(22)6-11/h5-6,22-23H,18H2,1-4H3. The fourth-order valence-corrected chi connectivity index (χ4v) is 2.66. The van der Waals surface area contributed by atoms with Crippen LogP contribution in [-0.2, 0) is 0 Å². The van der Waals surface area contributed by atoms with Crippen molar-refractivity contribution in [3.8, 4) is 34.3 Å². The lowest BCUT2D eigenvalue weighted by Crippen LogP contribution is -2.00. The molecular formula is C17H18N4O3. The van der Waals surface area contributed by atoms with Gasteiger partial charge in [0.1, 0.15) is 0 Å². The maximum absolute atomic E-state index is 9.69. The van der Waals surface area contributed by atoms with Gasteiger partial charge in [-0.25, -0.2) is 0 Å². The van der Waals surface area contributed by atoms with E-state index in [2.05, 4.69) is 15.1 Å². The van der Waals surface area contributed by atoms with Crippen LogP contribution in [0.1, 0.15) is 22.5 Å². The van der Waals surface area contributed by atoms with Gasteiger partial charge in [-0.3, -0.25) is 4.98 Å². The number of hydrogen-bond acceptors (Lipinski definition) is 7. The van der Waals surface area contributed by atoms with Gasteiger partial charge in [-0.1, -0.05) is 5.16 Å². The van der Waals surface area contributed by atoms with E-state index in [9.17, 15) is 10.2 Å². The number of nitrogen functional groups attached to an aromatic ring is 1. The zero-order chi connectivity index (χ0) is 17.6. The number of aryl methyl sites for hydroxylation is 2. The molecule has 24 heavy (non-hydrogen) atoms. The number of phenolic OH excluding ortho intramolecular Hbond substituents is 2. The van der Waals surface area contributed by atoms with E-state index in [4.69, 9.17) is 10.3 Å². The predicted molar refractivity (Wildman–Crippen MR) is 89.7 cm³/mol. The summed E-state index contributed by atoms with van der Waals surface area (Å²) in [6.07, 6.45) is 0. The molecule has 0 unspecified atom stereocenters. The average molecular weight is 326 g/mol. The Hall–Kier alpha value is -3.09. The Morgan fingerprint density at radius 2 is 1.67 bits per heavy atom. The molecule has 2 heterocycles. The molecule has 4 N–H and O–H groups in total. The summed E-state index contributed by atoms with van der Waals surface area (Å²) in [7, 11) is 0. The van der Waals surface area contributed by atoms with Crippen molar-refractivity contribution >= 4 is 5.69 Å². The van der Waals surface area contributed by atoms with Gasteiger partial charge in [0.05, 0.1) is 5.69 Å². The summed E-state index contributed by atoms with van der Waals surface area (Å²) in [5.74, 6) is -0.0979. The molecule has 0 aliphatic heterocycles. The summed E-state index contributed by atoms with van der Waals surface area (Å²) >= 11 is 0. The topological polar surface area (TPSA) is 118 Å². The first-order chi connectivity index (χ1) is 11.3. The monoisotopic (exact) mass is 326 g/mol. The van der Waals surface area contributed by atoms with Crippen molar-refractivity contribution in [2.24, 2.45) is 0 Å². The van der Waals surface area contributed by atoms with Crippen molar-refractivity contribution in [2.45, 2.75) is 27.7 Å². The number of hydrogen-bond donors (Lipinski definition) is 3. The molecule has 2 aromatic heterocycles. The van der Waals surface area contributed by atoms with Gasteiger partial charge in [0.2, 0.25) is 5.82 Å². The van der Waals surface area contributed by atoms with Gasteiger partial charge >= 0.3 is 0 Å². The Labute approximate surface area is 138 Å². The minimum Gasteiger partial charge on any atom is -0.504 e. The Morgan fingerprint density at radius 3 is 2.33 bits per heavy atom.